The largest absolute Gasteiger partial charge is 0.478 e. The molecular weight excluding hydrogens is 358 g/mol. The maximum atomic E-state index is 13.3. The summed E-state index contributed by atoms with van der Waals surface area (Å²) in [6.07, 6.45) is 4.42. The fraction of sp³-hybridized carbons (Fsp3) is 0.762. The van der Waals surface area contributed by atoms with Gasteiger partial charge in [0.15, 0.2) is 0 Å². The van der Waals surface area contributed by atoms with Gasteiger partial charge < -0.3 is 20.6 Å². The van der Waals surface area contributed by atoms with Crippen LogP contribution < -0.4 is 10.6 Å². The van der Waals surface area contributed by atoms with Crippen LogP contribution in [-0.4, -0.2) is 59.5 Å². The van der Waals surface area contributed by atoms with E-state index in [0.717, 1.165) is 25.8 Å². The van der Waals surface area contributed by atoms with Crippen LogP contribution in [0.15, 0.2) is 11.6 Å². The van der Waals surface area contributed by atoms with Crippen molar-refractivity contribution in [1.82, 2.24) is 15.5 Å². The number of aliphatic carboxylic acids is 1. The van der Waals surface area contributed by atoms with Gasteiger partial charge in [-0.25, -0.2) is 4.79 Å². The fourth-order valence-corrected chi connectivity index (χ4v) is 3.40. The molecule has 160 valence electrons. The summed E-state index contributed by atoms with van der Waals surface area (Å²) >= 11 is 0. The number of carbonyl (C=O) groups excluding carboxylic acids is 2. The molecule has 28 heavy (non-hydrogen) atoms. The van der Waals surface area contributed by atoms with Crippen molar-refractivity contribution in [2.45, 2.75) is 78.9 Å². The number of nitrogens with one attached hydrogen (secondary N) is 2. The van der Waals surface area contributed by atoms with Gasteiger partial charge in [-0.3, -0.25) is 9.59 Å². The number of hydrogen-bond acceptors (Lipinski definition) is 4. The van der Waals surface area contributed by atoms with Crippen LogP contribution in [0.2, 0.25) is 0 Å². The summed E-state index contributed by atoms with van der Waals surface area (Å²) in [4.78, 5) is 38.8. The number of rotatable bonds is 7. The molecule has 1 aliphatic rings. The molecule has 1 fully saturated rings. The average Bonchev–Trinajstić information content (AvgIpc) is 2.61. The highest BCUT2D eigenvalue weighted by Crippen LogP contribution is 2.24. The van der Waals surface area contributed by atoms with Crippen LogP contribution in [0.4, 0.5) is 0 Å². The Morgan fingerprint density at radius 2 is 1.82 bits per heavy atom. The predicted molar refractivity (Wildman–Crippen MR) is 110 cm³/mol. The van der Waals surface area contributed by atoms with Crippen molar-refractivity contribution in [2.75, 3.05) is 13.6 Å². The number of carboxylic acids is 1. The molecule has 1 heterocycles. The first kappa shape index (κ1) is 24.1. The Morgan fingerprint density at radius 3 is 2.25 bits per heavy atom. The molecule has 1 saturated heterocycles. The standard InChI is InChI=1S/C21H37N3O4/c1-13(2)16(12-14(3)20(27)28)24(7)19(26)17(21(4,5)6)23-18(25)15-10-8-9-11-22-15/h12-13,15-17,22H,8-11H2,1-7H3,(H,23,25)(H,27,28)/b14-12+/t15-,16-,17?/m1/s1. The zero-order valence-electron chi connectivity index (χ0n) is 18.3. The molecule has 1 aliphatic heterocycles. The number of piperidine rings is 1. The van der Waals surface area contributed by atoms with Gasteiger partial charge in [0, 0.05) is 12.6 Å². The van der Waals surface area contributed by atoms with Gasteiger partial charge in [0.2, 0.25) is 11.8 Å². The zero-order valence-corrected chi connectivity index (χ0v) is 18.3. The molecule has 2 amide bonds. The molecule has 0 aromatic heterocycles. The first-order valence-corrected chi connectivity index (χ1v) is 10.1. The Morgan fingerprint density at radius 1 is 1.21 bits per heavy atom. The van der Waals surface area contributed by atoms with E-state index in [9.17, 15) is 19.5 Å². The maximum Gasteiger partial charge on any atom is 0.331 e. The summed E-state index contributed by atoms with van der Waals surface area (Å²) in [5.74, 6) is -1.35. The van der Waals surface area contributed by atoms with Gasteiger partial charge >= 0.3 is 5.97 Å². The van der Waals surface area contributed by atoms with Gasteiger partial charge in [-0.1, -0.05) is 47.1 Å². The third kappa shape index (κ3) is 6.62. The molecule has 0 aromatic carbocycles. The van der Waals surface area contributed by atoms with Crippen molar-refractivity contribution in [3.8, 4) is 0 Å². The highest BCUT2D eigenvalue weighted by Gasteiger charge is 2.38. The zero-order chi connectivity index (χ0) is 21.6. The van der Waals surface area contributed by atoms with Crippen molar-refractivity contribution in [1.29, 1.82) is 0 Å². The van der Waals surface area contributed by atoms with E-state index in [-0.39, 0.29) is 35.4 Å². The van der Waals surface area contributed by atoms with E-state index in [1.807, 2.05) is 34.6 Å². The Kier molecular flexibility index (Phi) is 8.67. The molecule has 0 saturated carbocycles. The smallest absolute Gasteiger partial charge is 0.331 e. The van der Waals surface area contributed by atoms with Crippen LogP contribution in [0.25, 0.3) is 0 Å². The summed E-state index contributed by atoms with van der Waals surface area (Å²) in [5, 5.41) is 15.4. The van der Waals surface area contributed by atoms with Crippen molar-refractivity contribution in [3.63, 3.8) is 0 Å². The lowest BCUT2D eigenvalue weighted by Gasteiger charge is -2.38. The van der Waals surface area contributed by atoms with Crippen LogP contribution in [0.1, 0.15) is 60.8 Å². The number of nitrogens with zero attached hydrogens (tertiary/aromatic N) is 1. The first-order valence-electron chi connectivity index (χ1n) is 10.1. The molecule has 7 nitrogen and oxygen atoms in total. The van der Waals surface area contributed by atoms with Gasteiger partial charge in [-0.05, 0) is 37.6 Å². The van der Waals surface area contributed by atoms with Crippen molar-refractivity contribution >= 4 is 17.8 Å². The normalized spacial score (nSPS) is 20.4. The van der Waals surface area contributed by atoms with Gasteiger partial charge in [0.05, 0.1) is 12.1 Å². The van der Waals surface area contributed by atoms with E-state index in [4.69, 9.17) is 0 Å². The van der Waals surface area contributed by atoms with Gasteiger partial charge in [-0.2, -0.15) is 0 Å². The molecule has 0 aromatic rings. The van der Waals surface area contributed by atoms with E-state index in [0.29, 0.717) is 0 Å². The molecule has 0 bridgehead atoms. The second kappa shape index (κ2) is 10.0. The Bertz CT molecular complexity index is 601. The van der Waals surface area contributed by atoms with Crippen molar-refractivity contribution < 1.29 is 19.5 Å². The van der Waals surface area contributed by atoms with E-state index in [2.05, 4.69) is 10.6 Å². The summed E-state index contributed by atoms with van der Waals surface area (Å²) in [7, 11) is 1.67. The van der Waals surface area contributed by atoms with Crippen molar-refractivity contribution in [2.24, 2.45) is 11.3 Å². The first-order chi connectivity index (χ1) is 12.9. The van der Waals surface area contributed by atoms with E-state index >= 15 is 0 Å². The maximum absolute atomic E-state index is 13.3. The molecule has 0 spiro atoms. The lowest BCUT2D eigenvalue weighted by molar-refractivity contribution is -0.140. The number of hydrogen-bond donors (Lipinski definition) is 3. The lowest BCUT2D eigenvalue weighted by Crippen LogP contribution is -2.59. The van der Waals surface area contributed by atoms with Crippen LogP contribution >= 0.6 is 0 Å². The van der Waals surface area contributed by atoms with Crippen LogP contribution in [0.5, 0.6) is 0 Å². The van der Waals surface area contributed by atoms with Gasteiger partial charge in [0.1, 0.15) is 6.04 Å². The van der Waals surface area contributed by atoms with Crippen molar-refractivity contribution in [3.05, 3.63) is 11.6 Å². The SMILES string of the molecule is C/C(=C\[C@H](C(C)C)N(C)C(=O)C(NC(=O)[C@H]1CCCCN1)C(C)(C)C)C(=O)O. The van der Waals surface area contributed by atoms with Crippen LogP contribution in [0.3, 0.4) is 0 Å². The molecule has 7 heteroatoms. The summed E-state index contributed by atoms with van der Waals surface area (Å²) in [6.45, 7) is 12.0. The minimum absolute atomic E-state index is 0.0274. The molecule has 0 aliphatic carbocycles. The molecule has 1 unspecified atom stereocenters. The highest BCUT2D eigenvalue weighted by atomic mass is 16.4. The van der Waals surface area contributed by atoms with E-state index < -0.39 is 17.4 Å². The number of carboxylic acid groups (broad SMARTS) is 1. The topological polar surface area (TPSA) is 98.7 Å². The Labute approximate surface area is 168 Å². The van der Waals surface area contributed by atoms with E-state index in [1.165, 1.54) is 6.92 Å². The number of likely N-dealkylation sites (N-methyl/N-ethyl adjacent to an activating group) is 1. The quantitative estimate of drug-likeness (QED) is 0.574. The lowest BCUT2D eigenvalue weighted by atomic mass is 9.84. The second-order valence-electron chi connectivity index (χ2n) is 9.15. The second-order valence-corrected chi connectivity index (χ2v) is 9.15. The molecular formula is C21H37N3O4. The summed E-state index contributed by atoms with van der Waals surface area (Å²) in [6, 6.07) is -1.35. The van der Waals surface area contributed by atoms with Gasteiger partial charge in [0.25, 0.3) is 0 Å². The highest BCUT2D eigenvalue weighted by molar-refractivity contribution is 5.91. The molecule has 1 rings (SSSR count). The predicted octanol–water partition coefficient (Wildman–Crippen LogP) is 2.17. The van der Waals surface area contributed by atoms with Crippen LogP contribution in [0, 0.1) is 11.3 Å². The van der Waals surface area contributed by atoms with Gasteiger partial charge in [-0.15, -0.1) is 0 Å². The molecule has 3 N–H and O–H groups in total. The third-order valence-corrected chi connectivity index (χ3v) is 5.26. The molecule has 0 radical (unpaired) electrons. The monoisotopic (exact) mass is 395 g/mol. The number of carbonyl (C=O) groups is 3. The summed E-state index contributed by atoms with van der Waals surface area (Å²) in [5.41, 5.74) is -0.288. The Hall–Kier alpha value is -1.89. The Balaban J connectivity index is 3.05. The minimum Gasteiger partial charge on any atom is -0.478 e. The molecule has 3 atom stereocenters. The van der Waals surface area contributed by atoms with Crippen LogP contribution in [-0.2, 0) is 14.4 Å². The minimum atomic E-state index is -1.00. The summed E-state index contributed by atoms with van der Waals surface area (Å²) < 4.78 is 0. The average molecular weight is 396 g/mol. The van der Waals surface area contributed by atoms with E-state index in [1.54, 1.807) is 18.0 Å². The number of amides is 2. The fourth-order valence-electron chi connectivity index (χ4n) is 3.40. The third-order valence-electron chi connectivity index (χ3n) is 5.26.